The molecule has 0 aromatic carbocycles. The summed E-state index contributed by atoms with van der Waals surface area (Å²) < 4.78 is 0. The Balaban J connectivity index is 2.07. The largest absolute Gasteiger partial charge is 0.387 e. The molecular weight excluding hydrogens is 210 g/mol. The number of aliphatic hydroxyl groups is 1. The number of aromatic nitrogens is 1. The zero-order chi connectivity index (χ0) is 12.4. The van der Waals surface area contributed by atoms with Crippen LogP contribution in [0.3, 0.4) is 0 Å². The maximum Gasteiger partial charge on any atom is 0.0987 e. The molecule has 0 amide bonds. The monoisotopic (exact) mass is 233 g/mol. The highest BCUT2D eigenvalue weighted by molar-refractivity contribution is 5.16. The lowest BCUT2D eigenvalue weighted by molar-refractivity contribution is 0.0531. The van der Waals surface area contributed by atoms with E-state index in [0.717, 1.165) is 24.5 Å². The normalized spacial score (nSPS) is 31.2. The van der Waals surface area contributed by atoms with Crippen molar-refractivity contribution in [2.75, 3.05) is 0 Å². The molecule has 0 spiro atoms. The number of aryl methyl sites for hydroxylation is 1. The summed E-state index contributed by atoms with van der Waals surface area (Å²) in [5.41, 5.74) is 2.02. The van der Waals surface area contributed by atoms with Crippen molar-refractivity contribution < 1.29 is 5.11 Å². The molecule has 1 saturated carbocycles. The number of nitrogens with zero attached hydrogens (tertiary/aromatic N) is 1. The van der Waals surface area contributed by atoms with Gasteiger partial charge in [0.1, 0.15) is 0 Å². The van der Waals surface area contributed by atoms with E-state index in [0.29, 0.717) is 11.8 Å². The van der Waals surface area contributed by atoms with Gasteiger partial charge >= 0.3 is 0 Å². The van der Waals surface area contributed by atoms with E-state index in [-0.39, 0.29) is 6.10 Å². The van der Waals surface area contributed by atoms with Crippen LogP contribution in [0.25, 0.3) is 0 Å². The third kappa shape index (κ3) is 2.86. The van der Waals surface area contributed by atoms with Gasteiger partial charge in [0.2, 0.25) is 0 Å². The molecule has 2 nitrogen and oxygen atoms in total. The third-order valence-corrected chi connectivity index (χ3v) is 4.32. The fourth-order valence-corrected chi connectivity index (χ4v) is 2.84. The minimum atomic E-state index is -0.384. The van der Waals surface area contributed by atoms with Crippen LogP contribution in [0.1, 0.15) is 50.5 Å². The van der Waals surface area contributed by atoms with E-state index in [9.17, 15) is 5.11 Å². The van der Waals surface area contributed by atoms with Crippen molar-refractivity contribution in [3.05, 3.63) is 29.6 Å². The molecule has 0 radical (unpaired) electrons. The van der Waals surface area contributed by atoms with Crippen molar-refractivity contribution in [1.29, 1.82) is 0 Å². The zero-order valence-corrected chi connectivity index (χ0v) is 11.1. The Morgan fingerprint density at radius 3 is 2.71 bits per heavy atom. The maximum absolute atomic E-state index is 10.4. The smallest absolute Gasteiger partial charge is 0.0987 e. The van der Waals surface area contributed by atoms with E-state index >= 15 is 0 Å². The highest BCUT2D eigenvalue weighted by Gasteiger charge is 2.30. The van der Waals surface area contributed by atoms with Gasteiger partial charge in [-0.05, 0) is 55.2 Å². The average Bonchev–Trinajstić information content (AvgIpc) is 2.32. The summed E-state index contributed by atoms with van der Waals surface area (Å²) in [6.45, 7) is 6.66. The molecule has 1 aromatic rings. The van der Waals surface area contributed by atoms with Gasteiger partial charge in [-0.15, -0.1) is 0 Å². The Morgan fingerprint density at radius 2 is 2.06 bits per heavy atom. The van der Waals surface area contributed by atoms with Crippen LogP contribution < -0.4 is 0 Å². The molecular formula is C15H23NO. The van der Waals surface area contributed by atoms with Crippen LogP contribution in [0, 0.1) is 24.7 Å². The molecule has 0 aliphatic heterocycles. The minimum Gasteiger partial charge on any atom is -0.387 e. The molecule has 4 atom stereocenters. The van der Waals surface area contributed by atoms with Gasteiger partial charge < -0.3 is 5.11 Å². The predicted octanol–water partition coefficient (Wildman–Crippen LogP) is 3.50. The van der Waals surface area contributed by atoms with Gasteiger partial charge in [0.05, 0.1) is 11.8 Å². The lowest BCUT2D eigenvalue weighted by atomic mass is 9.73. The molecule has 0 saturated heterocycles. The van der Waals surface area contributed by atoms with Crippen molar-refractivity contribution in [3.63, 3.8) is 0 Å². The van der Waals surface area contributed by atoms with Crippen LogP contribution >= 0.6 is 0 Å². The standard InChI is InChI=1S/C15H23NO/c1-10-6-7-16-14(8-10)15(17)13-5-4-11(2)12(3)9-13/h6-8,11-13,15,17H,4-5,9H2,1-3H3. The molecule has 1 aliphatic carbocycles. The second-order valence-corrected chi connectivity index (χ2v) is 5.73. The SMILES string of the molecule is Cc1ccnc(C(O)C2CCC(C)C(C)C2)c1. The zero-order valence-electron chi connectivity index (χ0n) is 11.1. The molecule has 1 aromatic heterocycles. The first-order valence-electron chi connectivity index (χ1n) is 6.68. The lowest BCUT2D eigenvalue weighted by Gasteiger charge is -2.34. The molecule has 17 heavy (non-hydrogen) atoms. The number of pyridine rings is 1. The second-order valence-electron chi connectivity index (χ2n) is 5.73. The number of hydrogen-bond donors (Lipinski definition) is 1. The topological polar surface area (TPSA) is 33.1 Å². The summed E-state index contributed by atoms with van der Waals surface area (Å²) in [6, 6.07) is 3.98. The first-order valence-corrected chi connectivity index (χ1v) is 6.68. The van der Waals surface area contributed by atoms with Crippen LogP contribution in [0.4, 0.5) is 0 Å². The van der Waals surface area contributed by atoms with Crippen molar-refractivity contribution in [3.8, 4) is 0 Å². The lowest BCUT2D eigenvalue weighted by Crippen LogP contribution is -2.25. The van der Waals surface area contributed by atoms with Crippen LogP contribution in [0.2, 0.25) is 0 Å². The van der Waals surface area contributed by atoms with Gasteiger partial charge in [-0.2, -0.15) is 0 Å². The van der Waals surface area contributed by atoms with Crippen molar-refractivity contribution in [1.82, 2.24) is 4.98 Å². The second kappa shape index (κ2) is 5.18. The van der Waals surface area contributed by atoms with Crippen LogP contribution in [0.15, 0.2) is 18.3 Å². The van der Waals surface area contributed by atoms with Crippen LogP contribution in [0.5, 0.6) is 0 Å². The van der Waals surface area contributed by atoms with Gasteiger partial charge in [-0.25, -0.2) is 0 Å². The quantitative estimate of drug-likeness (QED) is 0.848. The van der Waals surface area contributed by atoms with Crippen molar-refractivity contribution in [2.24, 2.45) is 17.8 Å². The van der Waals surface area contributed by atoms with E-state index in [1.165, 1.54) is 12.0 Å². The van der Waals surface area contributed by atoms with Gasteiger partial charge in [-0.1, -0.05) is 20.3 Å². The molecule has 94 valence electrons. The van der Waals surface area contributed by atoms with E-state index in [4.69, 9.17) is 0 Å². The first-order chi connectivity index (χ1) is 8.08. The summed E-state index contributed by atoms with van der Waals surface area (Å²) in [5, 5.41) is 10.4. The molecule has 1 aliphatic rings. The molecule has 1 heterocycles. The van der Waals surface area contributed by atoms with E-state index in [1.807, 2.05) is 19.1 Å². The molecule has 1 N–H and O–H groups in total. The number of aliphatic hydroxyl groups excluding tert-OH is 1. The van der Waals surface area contributed by atoms with Crippen LogP contribution in [-0.4, -0.2) is 10.1 Å². The summed E-state index contributed by atoms with van der Waals surface area (Å²) in [6.07, 6.45) is 4.89. The molecule has 2 rings (SSSR count). The van der Waals surface area contributed by atoms with Gasteiger partial charge in [0.15, 0.2) is 0 Å². The Labute approximate surface area is 104 Å². The molecule has 0 bridgehead atoms. The van der Waals surface area contributed by atoms with Gasteiger partial charge in [-0.3, -0.25) is 4.98 Å². The average molecular weight is 233 g/mol. The fraction of sp³-hybridized carbons (Fsp3) is 0.667. The summed E-state index contributed by atoms with van der Waals surface area (Å²) in [7, 11) is 0. The molecule has 1 fully saturated rings. The highest BCUT2D eigenvalue weighted by Crippen LogP contribution is 2.39. The Morgan fingerprint density at radius 1 is 1.29 bits per heavy atom. The Kier molecular flexibility index (Phi) is 3.82. The predicted molar refractivity (Wildman–Crippen MR) is 69.6 cm³/mol. The summed E-state index contributed by atoms with van der Waals surface area (Å²) in [5.74, 6) is 1.90. The summed E-state index contributed by atoms with van der Waals surface area (Å²) in [4.78, 5) is 4.31. The number of rotatable bonds is 2. The highest BCUT2D eigenvalue weighted by atomic mass is 16.3. The van der Waals surface area contributed by atoms with E-state index in [1.54, 1.807) is 6.20 Å². The van der Waals surface area contributed by atoms with Gasteiger partial charge in [0.25, 0.3) is 0 Å². The number of hydrogen-bond acceptors (Lipinski definition) is 2. The van der Waals surface area contributed by atoms with Crippen molar-refractivity contribution >= 4 is 0 Å². The Bertz CT molecular complexity index is 377. The fourth-order valence-electron chi connectivity index (χ4n) is 2.84. The summed E-state index contributed by atoms with van der Waals surface area (Å²) >= 11 is 0. The minimum absolute atomic E-state index is 0.384. The van der Waals surface area contributed by atoms with Gasteiger partial charge in [0, 0.05) is 6.20 Å². The first kappa shape index (κ1) is 12.6. The van der Waals surface area contributed by atoms with Crippen LogP contribution in [-0.2, 0) is 0 Å². The Hall–Kier alpha value is -0.890. The molecule has 2 heteroatoms. The van der Waals surface area contributed by atoms with Crippen molar-refractivity contribution in [2.45, 2.75) is 46.1 Å². The third-order valence-electron chi connectivity index (χ3n) is 4.32. The molecule has 4 unspecified atom stereocenters. The van der Waals surface area contributed by atoms with E-state index < -0.39 is 0 Å². The maximum atomic E-state index is 10.4. The van der Waals surface area contributed by atoms with E-state index in [2.05, 4.69) is 18.8 Å².